The molecular weight excluding hydrogens is 1550 g/mol. The molecule has 0 aliphatic carbocycles. The molecule has 5 nitrogen and oxygen atoms in total. The Morgan fingerprint density at radius 2 is 0.594 bits per heavy atom. The summed E-state index contributed by atoms with van der Waals surface area (Å²) in [7, 11) is 0. The Labute approximate surface area is 752 Å². The van der Waals surface area contributed by atoms with Gasteiger partial charge in [0.15, 0.2) is 0 Å². The van der Waals surface area contributed by atoms with E-state index in [2.05, 4.69) is 476 Å². The predicted molar refractivity (Wildman–Crippen MR) is 546 cm³/mol. The third-order valence-electron chi connectivity index (χ3n) is 27.3. The number of hydrogen-bond donors (Lipinski definition) is 0. The maximum absolute atomic E-state index is 7.07. The second-order valence-electron chi connectivity index (χ2n) is 40.8. The lowest BCUT2D eigenvalue weighted by Gasteiger charge is -2.46. The first kappa shape index (κ1) is 79.7. The highest BCUT2D eigenvalue weighted by Crippen LogP contribution is 2.58. The van der Waals surface area contributed by atoms with Gasteiger partial charge in [-0.3, -0.25) is 0 Å². The van der Waals surface area contributed by atoms with Crippen molar-refractivity contribution in [3.63, 3.8) is 0 Å². The summed E-state index contributed by atoms with van der Waals surface area (Å²) in [5, 5.41) is 6.71. The maximum atomic E-state index is 7.07. The Morgan fingerprint density at radius 3 is 1.09 bits per heavy atom. The number of nitrogens with zero attached hydrogens (tertiary/aromatic N) is 3. The fourth-order valence-electron chi connectivity index (χ4n) is 20.4. The fourth-order valence-corrected chi connectivity index (χ4v) is 20.4. The van der Waals surface area contributed by atoms with E-state index >= 15 is 0 Å². The molecule has 0 unspecified atom stereocenters. The van der Waals surface area contributed by atoms with Crippen LogP contribution in [0.3, 0.4) is 0 Å². The van der Waals surface area contributed by atoms with Crippen molar-refractivity contribution in [1.82, 2.24) is 4.57 Å². The van der Waals surface area contributed by atoms with Crippen LogP contribution in [0, 0.1) is 0 Å². The zero-order chi connectivity index (χ0) is 87.8. The van der Waals surface area contributed by atoms with Gasteiger partial charge in [-0.05, 0) is 253 Å². The van der Waals surface area contributed by atoms with Crippen LogP contribution in [0.15, 0.2) is 367 Å². The van der Waals surface area contributed by atoms with Crippen molar-refractivity contribution in [3.05, 3.63) is 386 Å². The molecule has 0 saturated heterocycles. The molecule has 622 valence electrons. The zero-order valence-corrected chi connectivity index (χ0v) is 75.8. The molecule has 0 radical (unpaired) electrons. The zero-order valence-electron chi connectivity index (χ0n) is 75.8. The highest BCUT2D eigenvalue weighted by Gasteiger charge is 2.47. The van der Waals surface area contributed by atoms with Crippen LogP contribution in [0.5, 0.6) is 0 Å². The minimum Gasteiger partial charge on any atom is -0.456 e. The summed E-state index contributed by atoms with van der Waals surface area (Å²) in [6, 6.07) is 137. The molecule has 0 spiro atoms. The topological polar surface area (TPSA) is 37.7 Å². The van der Waals surface area contributed by atoms with E-state index in [1.165, 1.54) is 60.5 Å². The number of furan rings is 2. The van der Waals surface area contributed by atoms with Gasteiger partial charge in [0.05, 0.1) is 22.4 Å². The number of hydrogen-bond acceptors (Lipinski definition) is 4. The van der Waals surface area contributed by atoms with Crippen LogP contribution in [-0.4, -0.2) is 11.3 Å². The van der Waals surface area contributed by atoms with Gasteiger partial charge in [-0.1, -0.05) is 347 Å². The Hall–Kier alpha value is -14.2. The molecule has 0 N–H and O–H groups in total. The van der Waals surface area contributed by atoms with Gasteiger partial charge in [0, 0.05) is 83.0 Å². The molecule has 5 heterocycles. The average Bonchev–Trinajstić information content (AvgIpc) is 0.692. The second kappa shape index (κ2) is 29.7. The summed E-state index contributed by atoms with van der Waals surface area (Å²) >= 11 is 0. The summed E-state index contributed by atoms with van der Waals surface area (Å²) < 4.78 is 16.7. The lowest BCUT2D eigenvalue weighted by molar-refractivity contribution is 0.590. The van der Waals surface area contributed by atoms with Crippen molar-refractivity contribution in [2.75, 3.05) is 9.80 Å². The monoisotopic (exact) mass is 1650 g/mol. The van der Waals surface area contributed by atoms with Crippen molar-refractivity contribution in [2.45, 2.75) is 131 Å². The van der Waals surface area contributed by atoms with Crippen molar-refractivity contribution < 1.29 is 8.83 Å². The first-order valence-corrected chi connectivity index (χ1v) is 45.5. The summed E-state index contributed by atoms with van der Waals surface area (Å²) in [5.41, 5.74) is 39.7. The van der Waals surface area contributed by atoms with E-state index in [1.807, 2.05) is 0 Å². The molecule has 0 amide bonds. The molecule has 128 heavy (non-hydrogen) atoms. The Kier molecular flexibility index (Phi) is 18.5. The van der Waals surface area contributed by atoms with Gasteiger partial charge >= 0.3 is 0 Å². The molecule has 3 aromatic heterocycles. The van der Waals surface area contributed by atoms with E-state index in [0.717, 1.165) is 178 Å². The van der Waals surface area contributed by atoms with Gasteiger partial charge in [-0.25, -0.2) is 0 Å². The van der Waals surface area contributed by atoms with Crippen LogP contribution < -0.4 is 26.2 Å². The van der Waals surface area contributed by atoms with E-state index in [-0.39, 0.29) is 27.1 Å². The number of benzene rings is 17. The predicted octanol–water partition coefficient (Wildman–Crippen LogP) is 32.5. The highest BCUT2D eigenvalue weighted by molar-refractivity contribution is 7.00. The van der Waals surface area contributed by atoms with E-state index in [4.69, 9.17) is 8.83 Å². The van der Waals surface area contributed by atoms with Crippen molar-refractivity contribution in [2.24, 2.45) is 0 Å². The first-order chi connectivity index (χ1) is 61.6. The Morgan fingerprint density at radius 1 is 0.219 bits per heavy atom. The maximum Gasteiger partial charge on any atom is 0.252 e. The Balaban J connectivity index is 0.961. The lowest BCUT2D eigenvalue weighted by atomic mass is 9.33. The number of anilines is 6. The van der Waals surface area contributed by atoms with Crippen molar-refractivity contribution in [1.29, 1.82) is 0 Å². The quantitative estimate of drug-likeness (QED) is 0.121. The van der Waals surface area contributed by atoms with Crippen LogP contribution in [0.4, 0.5) is 34.1 Å². The normalized spacial score (nSPS) is 13.1. The molecule has 0 fully saturated rings. The Bertz CT molecular complexity index is 7610. The molecule has 20 aromatic rings. The van der Waals surface area contributed by atoms with Crippen molar-refractivity contribution in [3.8, 4) is 94.7 Å². The third kappa shape index (κ3) is 13.4. The molecule has 2 aliphatic heterocycles. The van der Waals surface area contributed by atoms with Crippen LogP contribution in [0.1, 0.15) is 132 Å². The van der Waals surface area contributed by atoms with Gasteiger partial charge < -0.3 is 23.2 Å². The first-order valence-electron chi connectivity index (χ1n) is 45.5. The molecule has 6 heteroatoms. The lowest BCUT2D eigenvalue weighted by Crippen LogP contribution is -2.61. The van der Waals surface area contributed by atoms with Crippen LogP contribution in [0.2, 0.25) is 0 Å². The second-order valence-corrected chi connectivity index (χ2v) is 40.8. The standard InChI is InChI=1S/C122H104BN3O2/c1-118(2,3)85-54-59-103-97(68-85)98-69-86(119(4,5)6)55-60-104(98)124(103)90-56-57-101-106(74-90)126(116-95(77-39-24-18-25-40-77)70-88(121(10,11)12)71-96(116)78-41-26-19-27-42-78)108-67-84(83-62-82(76-37-22-17-23-38-76)63-87(64-83)120(7,8)9)66-107-115(108)123(101)102-65-81(80-44-32-43-79(61-80)75-35-20-16-21-36-75)53-58-105(102)125(107)117-99(91-47-33-51-111-113(91)93-45-28-30-49-109(93)127-111)72-89(122(13,14)15)73-100(117)92-48-34-52-112-114(92)94-46-29-31-50-110(94)128-112/h16-74H,1-15H3. The number of para-hydroxylation sites is 2. The minimum absolute atomic E-state index is 0.102. The fraction of sp³-hybridized carbons (Fsp3) is 0.164. The molecule has 17 aromatic carbocycles. The van der Waals surface area contributed by atoms with Gasteiger partial charge in [-0.2, -0.15) is 0 Å². The van der Waals surface area contributed by atoms with Gasteiger partial charge in [0.1, 0.15) is 22.3 Å². The summed E-state index contributed by atoms with van der Waals surface area (Å²) in [6.07, 6.45) is 0. The molecule has 0 atom stereocenters. The van der Waals surface area contributed by atoms with Crippen LogP contribution in [-0.2, 0) is 27.1 Å². The highest BCUT2D eigenvalue weighted by atomic mass is 16.3. The van der Waals surface area contributed by atoms with E-state index in [0.29, 0.717) is 0 Å². The summed E-state index contributed by atoms with van der Waals surface area (Å²) in [6.45, 7) is 34.9. The van der Waals surface area contributed by atoms with Crippen LogP contribution >= 0.6 is 0 Å². The SMILES string of the molecule is CC(C)(C)c1cc(-c2ccccc2)cc(-c2cc3c4c(c2)N(c2c(-c5cccc6oc7ccccc7c56)cc(C(C)(C)C)cc2-c2cccc5oc6ccccc6c25)c2ccc(-c5cccc(-c6ccccc6)c5)cc2B4c2ccc(-n4c5ccc(C(C)(C)C)cc5c5cc(C(C)(C)C)ccc54)cc2N3c2c(-c3ccccc3)cc(C(C)(C)C)cc2-c2ccccc2)c1. The number of fused-ring (bicyclic) bond motifs is 13. The van der Waals surface area contributed by atoms with Gasteiger partial charge in [-0.15, -0.1) is 0 Å². The van der Waals surface area contributed by atoms with E-state index in [1.54, 1.807) is 0 Å². The summed E-state index contributed by atoms with van der Waals surface area (Å²) in [5.74, 6) is 0. The number of aromatic nitrogens is 1. The third-order valence-corrected chi connectivity index (χ3v) is 27.3. The van der Waals surface area contributed by atoms with Gasteiger partial charge in [0.2, 0.25) is 0 Å². The minimum atomic E-state index is -0.391. The van der Waals surface area contributed by atoms with Crippen LogP contribution in [0.25, 0.3) is 160 Å². The van der Waals surface area contributed by atoms with Crippen molar-refractivity contribution >= 4 is 123 Å². The average molecular weight is 1660 g/mol. The smallest absolute Gasteiger partial charge is 0.252 e. The molecule has 0 bridgehead atoms. The molecule has 0 saturated carbocycles. The molecule has 2 aliphatic rings. The van der Waals surface area contributed by atoms with Gasteiger partial charge in [0.25, 0.3) is 6.71 Å². The van der Waals surface area contributed by atoms with E-state index < -0.39 is 6.71 Å². The molecule has 22 rings (SSSR count). The van der Waals surface area contributed by atoms with E-state index in [9.17, 15) is 0 Å². The number of rotatable bonds is 11. The largest absolute Gasteiger partial charge is 0.456 e. The summed E-state index contributed by atoms with van der Waals surface area (Å²) in [4.78, 5) is 5.51. The molecular formula is C122H104BN3O2.